The third kappa shape index (κ3) is 11.8. The summed E-state index contributed by atoms with van der Waals surface area (Å²) in [6, 6.07) is 18.4. The molecular formula is C45H66N4O12SSi2. The minimum Gasteiger partial charge on any atom is -0.460 e. The van der Waals surface area contributed by atoms with Gasteiger partial charge in [0.1, 0.15) is 25.4 Å². The third-order valence-corrected chi connectivity index (χ3v) is 22.8. The van der Waals surface area contributed by atoms with E-state index in [4.69, 9.17) is 33.0 Å². The predicted molar refractivity (Wildman–Crippen MR) is 247 cm³/mol. The van der Waals surface area contributed by atoms with Gasteiger partial charge in [-0.3, -0.25) is 28.4 Å². The van der Waals surface area contributed by atoms with E-state index < -0.39 is 79.0 Å². The maximum atomic E-state index is 14.7. The number of carbonyl (C=O) groups is 2. The fourth-order valence-electron chi connectivity index (χ4n) is 6.95. The zero-order chi connectivity index (χ0) is 47.5. The van der Waals surface area contributed by atoms with E-state index in [9.17, 15) is 27.6 Å². The van der Waals surface area contributed by atoms with Gasteiger partial charge >= 0.3 is 17.6 Å². The first kappa shape index (κ1) is 50.8. The Morgan fingerprint density at radius 3 is 1.83 bits per heavy atom. The molecule has 352 valence electrons. The molecule has 1 unspecified atom stereocenters. The van der Waals surface area contributed by atoms with E-state index in [1.54, 1.807) is 11.8 Å². The minimum atomic E-state index is -4.33. The Hall–Kier alpha value is -4.22. The summed E-state index contributed by atoms with van der Waals surface area (Å²) in [6.45, 7) is 21.3. The van der Waals surface area contributed by atoms with Gasteiger partial charge in [0.25, 0.3) is 15.7 Å². The highest BCUT2D eigenvalue weighted by atomic mass is 32.2. The second-order valence-electron chi connectivity index (χ2n) is 19.6. The van der Waals surface area contributed by atoms with Crippen LogP contribution in [0.15, 0.2) is 87.6 Å². The fourth-order valence-corrected chi connectivity index (χ4v) is 10.5. The molecule has 1 spiro atoms. The van der Waals surface area contributed by atoms with Gasteiger partial charge in [0.15, 0.2) is 28.5 Å². The molecule has 0 bridgehead atoms. The molecule has 2 N–H and O–H groups in total. The number of benzene rings is 2. The number of esters is 2. The summed E-state index contributed by atoms with van der Waals surface area (Å²) in [6.07, 6.45) is -2.23. The first-order valence-corrected chi connectivity index (χ1v) is 28.8. The molecule has 0 radical (unpaired) electrons. The summed E-state index contributed by atoms with van der Waals surface area (Å²) in [5.41, 5.74) is 5.05. The topological polar surface area (TPSA) is 197 Å². The lowest BCUT2D eigenvalue weighted by Crippen LogP contribution is -2.59. The van der Waals surface area contributed by atoms with Crippen LogP contribution in [-0.2, 0) is 66.7 Å². The van der Waals surface area contributed by atoms with Crippen LogP contribution in [0.25, 0.3) is 0 Å². The van der Waals surface area contributed by atoms with Crippen LogP contribution in [0.2, 0.25) is 36.3 Å². The third-order valence-electron chi connectivity index (χ3n) is 12.8. The van der Waals surface area contributed by atoms with Crippen molar-refractivity contribution in [3.05, 3.63) is 115 Å². The molecule has 2 aromatic carbocycles. The molecule has 0 aliphatic carbocycles. The Labute approximate surface area is 379 Å². The Morgan fingerprint density at radius 1 is 0.844 bits per heavy atom. The summed E-state index contributed by atoms with van der Waals surface area (Å²) in [5.74, 6) is -1.15. The molecule has 2 aliphatic rings. The number of ether oxygens (including phenoxy) is 3. The van der Waals surface area contributed by atoms with Crippen molar-refractivity contribution in [2.75, 3.05) is 26.2 Å². The van der Waals surface area contributed by atoms with Crippen molar-refractivity contribution in [3.63, 3.8) is 0 Å². The van der Waals surface area contributed by atoms with Crippen LogP contribution >= 0.6 is 0 Å². The van der Waals surface area contributed by atoms with Crippen LogP contribution < -0.4 is 17.0 Å². The van der Waals surface area contributed by atoms with Gasteiger partial charge in [-0.25, -0.2) is 8.98 Å². The zero-order valence-electron chi connectivity index (χ0n) is 39.0. The molecule has 1 saturated heterocycles. The summed E-state index contributed by atoms with van der Waals surface area (Å²) in [7, 11) is -9.64. The number of carbonyl (C=O) groups excluding carboxylic acids is 2. The van der Waals surface area contributed by atoms with Crippen molar-refractivity contribution in [2.45, 2.75) is 135 Å². The molecule has 5 rings (SSSR count). The van der Waals surface area contributed by atoms with E-state index >= 15 is 0 Å². The molecule has 16 nitrogen and oxygen atoms in total. The number of nitrogens with two attached hydrogens (primary N) is 1. The molecule has 3 heterocycles. The van der Waals surface area contributed by atoms with Crippen molar-refractivity contribution in [1.82, 2.24) is 14.0 Å². The molecule has 64 heavy (non-hydrogen) atoms. The lowest BCUT2D eigenvalue weighted by atomic mass is 9.89. The van der Waals surface area contributed by atoms with E-state index in [0.29, 0.717) is 0 Å². The molecular weight excluding hydrogens is 877 g/mol. The Bertz CT molecular complexity index is 2340. The molecule has 19 heteroatoms. The quantitative estimate of drug-likeness (QED) is 0.0926. The van der Waals surface area contributed by atoms with Crippen molar-refractivity contribution < 1.29 is 45.3 Å². The SMILES string of the molecule is Cc1cn([C@@H]2O[C@H](CO[Si](C)(C)C(C)(C)C)C3(OS(=O)(=O)C=C3N)[C@H]2O[Si](C)(C)C(C)(C)C)c(=O)n(CCCN(CC(=O)OCc2ccccc2)CC(=O)OCc2ccccc2)c1=O. The number of hydrogen-bond acceptors (Lipinski definition) is 14. The largest absolute Gasteiger partial charge is 0.460 e. The summed E-state index contributed by atoms with van der Waals surface area (Å²) in [4.78, 5) is 56.2. The van der Waals surface area contributed by atoms with Crippen LogP contribution in [0, 0.1) is 6.92 Å². The molecule has 1 aromatic heterocycles. The number of aryl methyl sites for hydroxylation is 1. The highest BCUT2D eigenvalue weighted by Gasteiger charge is 2.67. The summed E-state index contributed by atoms with van der Waals surface area (Å²) >= 11 is 0. The van der Waals surface area contributed by atoms with Gasteiger partial charge in [0.2, 0.25) is 0 Å². The first-order valence-electron chi connectivity index (χ1n) is 21.5. The second-order valence-corrected chi connectivity index (χ2v) is 30.6. The van der Waals surface area contributed by atoms with Crippen LogP contribution in [-0.4, -0.2) is 95.1 Å². The maximum Gasteiger partial charge on any atom is 0.333 e. The van der Waals surface area contributed by atoms with Gasteiger partial charge in [0, 0.05) is 24.8 Å². The Balaban J connectivity index is 1.47. The van der Waals surface area contributed by atoms with E-state index in [-0.39, 0.29) is 68.7 Å². The average molecular weight is 943 g/mol. The molecule has 0 amide bonds. The van der Waals surface area contributed by atoms with E-state index in [2.05, 4.69) is 20.8 Å². The van der Waals surface area contributed by atoms with Crippen molar-refractivity contribution >= 4 is 38.7 Å². The lowest BCUT2D eigenvalue weighted by molar-refractivity contribution is -0.150. The highest BCUT2D eigenvalue weighted by Crippen LogP contribution is 2.52. The standard InChI is InChI=1S/C45H66N4O12SSi2/c1-32-25-49(41-39(60-64(10,11)44(5,6)7)45(35(46)31-62(54,55)61-45)36(59-41)30-58-63(8,9)43(2,3)4)42(53)48(40(32)52)24-18-23-47(26-37(50)56-28-33-19-14-12-15-20-33)27-38(51)57-29-34-21-16-13-17-22-34/h12-17,19-22,25,31,36,39,41H,18,23-24,26-30,46H2,1-11H3/t36-,39+,41-,45?/m1/s1. The van der Waals surface area contributed by atoms with Gasteiger partial charge in [-0.1, -0.05) is 102 Å². The molecule has 3 aromatic rings. The molecule has 2 aliphatic heterocycles. The normalized spacial score (nSPS) is 21.3. The van der Waals surface area contributed by atoms with Gasteiger partial charge in [-0.05, 0) is 60.7 Å². The zero-order valence-corrected chi connectivity index (χ0v) is 41.9. The van der Waals surface area contributed by atoms with E-state index in [1.165, 1.54) is 10.8 Å². The summed E-state index contributed by atoms with van der Waals surface area (Å²) in [5, 5.41) is 0.247. The van der Waals surface area contributed by atoms with Crippen molar-refractivity contribution in [2.24, 2.45) is 5.73 Å². The van der Waals surface area contributed by atoms with Crippen LogP contribution in [0.3, 0.4) is 0 Å². The Morgan fingerprint density at radius 2 is 1.36 bits per heavy atom. The smallest absolute Gasteiger partial charge is 0.333 e. The monoisotopic (exact) mass is 942 g/mol. The molecule has 1 fully saturated rings. The minimum absolute atomic E-state index is 0.0382. The van der Waals surface area contributed by atoms with Gasteiger partial charge < -0.3 is 28.8 Å². The number of aromatic nitrogens is 2. The average Bonchev–Trinajstić information content (AvgIpc) is 3.63. The fraction of sp³-hybridized carbons (Fsp3) is 0.556. The highest BCUT2D eigenvalue weighted by molar-refractivity contribution is 7.90. The van der Waals surface area contributed by atoms with Gasteiger partial charge in [-0.15, -0.1) is 0 Å². The predicted octanol–water partition coefficient (Wildman–Crippen LogP) is 5.71. The summed E-state index contributed by atoms with van der Waals surface area (Å²) < 4.78 is 66.2. The lowest BCUT2D eigenvalue weighted by Gasteiger charge is -2.43. The Kier molecular flexibility index (Phi) is 15.6. The first-order chi connectivity index (χ1) is 29.7. The van der Waals surface area contributed by atoms with Gasteiger partial charge in [0.05, 0.1) is 30.8 Å². The number of rotatable bonds is 18. The van der Waals surface area contributed by atoms with E-state index in [0.717, 1.165) is 21.1 Å². The maximum absolute atomic E-state index is 14.7. The van der Waals surface area contributed by atoms with E-state index in [1.807, 2.05) is 108 Å². The second kappa shape index (κ2) is 19.7. The molecule has 0 saturated carbocycles. The van der Waals surface area contributed by atoms with Gasteiger partial charge in [-0.2, -0.15) is 8.42 Å². The van der Waals surface area contributed by atoms with Crippen LogP contribution in [0.4, 0.5) is 0 Å². The van der Waals surface area contributed by atoms with Crippen molar-refractivity contribution in [1.29, 1.82) is 0 Å². The number of nitrogens with zero attached hydrogens (tertiary/aromatic N) is 3. The number of hydrogen-bond donors (Lipinski definition) is 1. The van der Waals surface area contributed by atoms with Crippen molar-refractivity contribution in [3.8, 4) is 0 Å². The molecule has 4 atom stereocenters. The van der Waals surface area contributed by atoms with Crippen LogP contribution in [0.5, 0.6) is 0 Å². The van der Waals surface area contributed by atoms with Crippen LogP contribution in [0.1, 0.15) is 70.9 Å².